The zero-order valence-electron chi connectivity index (χ0n) is 21.1. The Bertz CT molecular complexity index is 1150. The van der Waals surface area contributed by atoms with Crippen LogP contribution in [0.1, 0.15) is 45.8 Å². The van der Waals surface area contributed by atoms with Crippen LogP contribution in [0.15, 0.2) is 35.2 Å². The van der Waals surface area contributed by atoms with E-state index in [1.807, 2.05) is 27.7 Å². The van der Waals surface area contributed by atoms with E-state index in [0.29, 0.717) is 12.0 Å². The molecule has 9 heteroatoms. The van der Waals surface area contributed by atoms with E-state index in [0.717, 1.165) is 0 Å². The van der Waals surface area contributed by atoms with Crippen molar-refractivity contribution in [3.8, 4) is 0 Å². The highest BCUT2D eigenvalue weighted by Crippen LogP contribution is 2.74. The number of aliphatic hydroxyl groups excluding tert-OH is 1. The molecule has 36 heavy (non-hydrogen) atoms. The van der Waals surface area contributed by atoms with Crippen molar-refractivity contribution in [3.63, 3.8) is 0 Å². The van der Waals surface area contributed by atoms with Crippen molar-refractivity contribution in [2.24, 2.45) is 34.0 Å². The van der Waals surface area contributed by atoms with E-state index in [-0.39, 0.29) is 18.3 Å². The second-order valence-electron chi connectivity index (χ2n) is 12.0. The van der Waals surface area contributed by atoms with Gasteiger partial charge in [0.15, 0.2) is 11.9 Å². The molecule has 2 saturated carbocycles. The molecule has 0 amide bonds. The summed E-state index contributed by atoms with van der Waals surface area (Å²) in [4.78, 5) is 39.9. The first-order chi connectivity index (χ1) is 16.9. The van der Waals surface area contributed by atoms with Crippen LogP contribution in [0.5, 0.6) is 0 Å². The van der Waals surface area contributed by atoms with Gasteiger partial charge in [-0.05, 0) is 26.3 Å². The van der Waals surface area contributed by atoms with Crippen LogP contribution in [0.25, 0.3) is 0 Å². The van der Waals surface area contributed by atoms with Crippen molar-refractivity contribution < 1.29 is 42.9 Å². The predicted octanol–water partition coefficient (Wildman–Crippen LogP) is 2.38. The lowest BCUT2D eigenvalue weighted by Crippen LogP contribution is -2.72. The van der Waals surface area contributed by atoms with E-state index in [1.54, 1.807) is 12.1 Å². The Morgan fingerprint density at radius 3 is 2.61 bits per heavy atom. The minimum absolute atomic E-state index is 0.199. The standard InChI is InChI=1S/C27H32O9/c1-24(2)14-10-15-25(3)19(27(14,12-34-24)8-6-16(28)32-5)17(29)21(30)26(4)20(25)18(35-15)23(31)36-22(26)13-7-9-33-11-13/h6-9,11,14-15,18-22,30H,10,12H2,1-5H3/t14-,15-,18-,19?,20-,21+,22+,25-,26-,27-/m1/s1. The zero-order valence-corrected chi connectivity index (χ0v) is 21.1. The van der Waals surface area contributed by atoms with Crippen LogP contribution in [0.4, 0.5) is 0 Å². The fraction of sp³-hybridized carbons (Fsp3) is 0.667. The van der Waals surface area contributed by atoms with Crippen LogP contribution in [0, 0.1) is 34.0 Å². The summed E-state index contributed by atoms with van der Waals surface area (Å²) in [6.45, 7) is 7.94. The van der Waals surface area contributed by atoms with Gasteiger partial charge in [-0.25, -0.2) is 9.59 Å². The molecule has 5 aliphatic rings. The monoisotopic (exact) mass is 500 g/mol. The first-order valence-corrected chi connectivity index (χ1v) is 12.4. The molecule has 9 nitrogen and oxygen atoms in total. The average molecular weight is 501 g/mol. The maximum Gasteiger partial charge on any atom is 0.336 e. The first kappa shape index (κ1) is 23.9. The minimum Gasteiger partial charge on any atom is -0.472 e. The number of ether oxygens (including phenoxy) is 4. The lowest BCUT2D eigenvalue weighted by molar-refractivity contribution is -0.233. The zero-order chi connectivity index (χ0) is 25.8. The predicted molar refractivity (Wildman–Crippen MR) is 122 cm³/mol. The lowest BCUT2D eigenvalue weighted by Gasteiger charge is -2.64. The maximum atomic E-state index is 14.4. The molecule has 194 valence electrons. The Morgan fingerprint density at radius 1 is 1.19 bits per heavy atom. The molecule has 3 saturated heterocycles. The van der Waals surface area contributed by atoms with Gasteiger partial charge in [-0.2, -0.15) is 0 Å². The summed E-state index contributed by atoms with van der Waals surface area (Å²) in [6, 6.07) is 1.69. The van der Waals surface area contributed by atoms with Crippen LogP contribution < -0.4 is 0 Å². The number of furan rings is 1. The molecule has 4 heterocycles. The molecule has 1 aromatic rings. The van der Waals surface area contributed by atoms with E-state index in [1.165, 1.54) is 25.7 Å². The van der Waals surface area contributed by atoms with Crippen molar-refractivity contribution in [3.05, 3.63) is 36.3 Å². The quantitative estimate of drug-likeness (QED) is 0.492. The molecule has 10 atom stereocenters. The molecule has 1 unspecified atom stereocenters. The SMILES string of the molecule is COC(=O)C=C[C@@]12COC(C)(C)[C@H]1C[C@H]1O[C@H]3C(=O)O[C@@H](c4ccoc4)[C@]4(C)[C@H]3[C@@]1(C)C2C(=O)[C@@H]4O. The molecular weight excluding hydrogens is 468 g/mol. The third kappa shape index (κ3) is 2.63. The molecule has 5 fully saturated rings. The van der Waals surface area contributed by atoms with Gasteiger partial charge >= 0.3 is 11.9 Å². The van der Waals surface area contributed by atoms with Gasteiger partial charge in [0.05, 0.1) is 37.9 Å². The summed E-state index contributed by atoms with van der Waals surface area (Å²) in [5, 5.41) is 11.8. The summed E-state index contributed by atoms with van der Waals surface area (Å²) in [7, 11) is 1.30. The largest absolute Gasteiger partial charge is 0.472 e. The number of hydrogen-bond acceptors (Lipinski definition) is 9. The molecule has 1 N–H and O–H groups in total. The maximum absolute atomic E-state index is 14.4. The second kappa shape index (κ2) is 7.30. The fourth-order valence-electron chi connectivity index (χ4n) is 8.76. The molecular formula is C27H32O9. The summed E-state index contributed by atoms with van der Waals surface area (Å²) in [6.07, 6.45) is 2.92. The van der Waals surface area contributed by atoms with E-state index in [2.05, 4.69) is 0 Å². The van der Waals surface area contributed by atoms with Crippen molar-refractivity contribution in [1.82, 2.24) is 0 Å². The number of rotatable bonds is 3. The number of carbonyl (C=O) groups is 3. The Hall–Kier alpha value is -2.49. The summed E-state index contributed by atoms with van der Waals surface area (Å²) in [5.41, 5.74) is -2.88. The smallest absolute Gasteiger partial charge is 0.336 e. The van der Waals surface area contributed by atoms with E-state index < -0.39 is 70.0 Å². The number of fused-ring (bicyclic) bond motifs is 2. The Kier molecular flexibility index (Phi) is 4.84. The number of Topliss-reactive ketones (excluding diaryl/α,β-unsaturated/α-hetero) is 1. The molecule has 6 rings (SSSR count). The number of esters is 2. The Balaban J connectivity index is 1.57. The van der Waals surface area contributed by atoms with E-state index in [4.69, 9.17) is 23.4 Å². The lowest BCUT2D eigenvalue weighted by atomic mass is 9.38. The van der Waals surface area contributed by atoms with Crippen molar-refractivity contribution in [1.29, 1.82) is 0 Å². The van der Waals surface area contributed by atoms with Gasteiger partial charge in [0, 0.05) is 45.6 Å². The Morgan fingerprint density at radius 2 is 1.94 bits per heavy atom. The molecule has 3 aliphatic heterocycles. The number of ketones is 1. The molecule has 2 aliphatic carbocycles. The number of aliphatic hydroxyl groups is 1. The van der Waals surface area contributed by atoms with Gasteiger partial charge in [0.2, 0.25) is 0 Å². The number of carbonyl (C=O) groups excluding carboxylic acids is 3. The molecule has 1 aromatic heterocycles. The van der Waals surface area contributed by atoms with Gasteiger partial charge in [-0.3, -0.25) is 4.79 Å². The summed E-state index contributed by atoms with van der Waals surface area (Å²) >= 11 is 0. The molecule has 0 spiro atoms. The normalized spacial score (nSPS) is 48.4. The number of cyclic esters (lactones) is 1. The van der Waals surface area contributed by atoms with Crippen LogP contribution in [0.3, 0.4) is 0 Å². The fourth-order valence-corrected chi connectivity index (χ4v) is 8.76. The molecule has 0 radical (unpaired) electrons. The van der Waals surface area contributed by atoms with Crippen molar-refractivity contribution >= 4 is 17.7 Å². The first-order valence-electron chi connectivity index (χ1n) is 12.4. The second-order valence-corrected chi connectivity index (χ2v) is 12.0. The van der Waals surface area contributed by atoms with E-state index >= 15 is 0 Å². The highest BCUT2D eigenvalue weighted by molar-refractivity contribution is 5.92. The van der Waals surface area contributed by atoms with Gasteiger partial charge in [0.1, 0.15) is 12.2 Å². The topological polar surface area (TPSA) is 122 Å². The van der Waals surface area contributed by atoms with Crippen LogP contribution in [0.2, 0.25) is 0 Å². The molecule has 0 aromatic carbocycles. The van der Waals surface area contributed by atoms with Gasteiger partial charge in [-0.1, -0.05) is 19.9 Å². The third-order valence-corrected chi connectivity index (χ3v) is 10.2. The average Bonchev–Trinajstić information content (AvgIpc) is 3.53. The number of hydrogen-bond donors (Lipinski definition) is 1. The van der Waals surface area contributed by atoms with Crippen molar-refractivity contribution in [2.75, 3.05) is 13.7 Å². The molecule has 0 bridgehead atoms. The van der Waals surface area contributed by atoms with Gasteiger partial charge < -0.3 is 28.5 Å². The summed E-state index contributed by atoms with van der Waals surface area (Å²) in [5.74, 6) is -2.84. The Labute approximate surface area is 209 Å². The van der Waals surface area contributed by atoms with Crippen LogP contribution >= 0.6 is 0 Å². The number of methoxy groups -OCH3 is 1. The van der Waals surface area contributed by atoms with E-state index in [9.17, 15) is 19.5 Å². The highest BCUT2D eigenvalue weighted by atomic mass is 16.6. The van der Waals surface area contributed by atoms with Crippen LogP contribution in [-0.2, 0) is 33.3 Å². The van der Waals surface area contributed by atoms with Crippen LogP contribution in [-0.4, -0.2) is 60.5 Å². The third-order valence-electron chi connectivity index (χ3n) is 10.2. The van der Waals surface area contributed by atoms with Crippen molar-refractivity contribution in [2.45, 2.75) is 64.1 Å². The highest BCUT2D eigenvalue weighted by Gasteiger charge is 2.81. The van der Waals surface area contributed by atoms with Gasteiger partial charge in [-0.15, -0.1) is 0 Å². The summed E-state index contributed by atoms with van der Waals surface area (Å²) < 4.78 is 28.7. The minimum atomic E-state index is -1.44. The van der Waals surface area contributed by atoms with Gasteiger partial charge in [0.25, 0.3) is 0 Å².